The quantitative estimate of drug-likeness (QED) is 0.454. The Morgan fingerprint density at radius 1 is 0.760 bits per heavy atom. The third-order valence-corrected chi connectivity index (χ3v) is 5.10. The summed E-state index contributed by atoms with van der Waals surface area (Å²) < 4.78 is 2.44. The minimum absolute atomic E-state index is 0.0126. The van der Waals surface area contributed by atoms with Crippen molar-refractivity contribution in [3.05, 3.63) is 105 Å². The molecule has 0 aliphatic carbocycles. The van der Waals surface area contributed by atoms with E-state index in [1.807, 2.05) is 83.4 Å². The zero-order valence-electron chi connectivity index (χ0n) is 13.5. The van der Waals surface area contributed by atoms with E-state index in [-0.39, 0.29) is 5.56 Å². The first kappa shape index (κ1) is 15.9. The van der Waals surface area contributed by atoms with Crippen LogP contribution in [0.5, 0.6) is 0 Å². The van der Waals surface area contributed by atoms with Crippen molar-refractivity contribution in [1.82, 2.24) is 4.57 Å². The molecular weight excluding hydrogens is 374 g/mol. The van der Waals surface area contributed by atoms with E-state index in [0.29, 0.717) is 11.0 Å². The highest BCUT2D eigenvalue weighted by Crippen LogP contribution is 2.33. The van der Waals surface area contributed by atoms with Gasteiger partial charge in [0, 0.05) is 10.9 Å². The maximum atomic E-state index is 13.1. The Kier molecular flexibility index (Phi) is 4.24. The Morgan fingerprint density at radius 3 is 2.08 bits per heavy atom. The molecule has 0 amide bonds. The van der Waals surface area contributed by atoms with Gasteiger partial charge in [-0.15, -0.1) is 0 Å². The Bertz CT molecular complexity index is 1090. The van der Waals surface area contributed by atoms with Crippen LogP contribution in [0.1, 0.15) is 5.56 Å². The van der Waals surface area contributed by atoms with Crippen molar-refractivity contribution >= 4 is 26.8 Å². The smallest absolute Gasteiger partial charge is 0.266 e. The van der Waals surface area contributed by atoms with Gasteiger partial charge in [-0.2, -0.15) is 0 Å². The predicted octanol–water partition coefficient (Wildman–Crippen LogP) is 5.48. The molecule has 1 heterocycles. The fourth-order valence-electron chi connectivity index (χ4n) is 3.18. The van der Waals surface area contributed by atoms with Crippen LogP contribution in [0.25, 0.3) is 22.0 Å². The largest absolute Gasteiger partial charge is 0.303 e. The van der Waals surface area contributed by atoms with E-state index < -0.39 is 0 Å². The Morgan fingerprint density at radius 2 is 1.36 bits per heavy atom. The molecule has 3 heteroatoms. The van der Waals surface area contributed by atoms with Gasteiger partial charge in [-0.05, 0) is 33.1 Å². The lowest BCUT2D eigenvalue weighted by molar-refractivity contribution is 0.791. The second kappa shape index (κ2) is 6.69. The molecule has 25 heavy (non-hydrogen) atoms. The number of aromatic nitrogens is 1. The van der Waals surface area contributed by atoms with Crippen LogP contribution in [-0.4, -0.2) is 4.57 Å². The van der Waals surface area contributed by atoms with E-state index in [1.54, 1.807) is 0 Å². The molecule has 0 saturated heterocycles. The molecule has 2 nitrogen and oxygen atoms in total. The summed E-state index contributed by atoms with van der Waals surface area (Å²) >= 11 is 3.57. The molecular formula is C22H16BrNO. The van der Waals surface area contributed by atoms with E-state index in [0.717, 1.165) is 27.6 Å². The van der Waals surface area contributed by atoms with Crippen LogP contribution in [-0.2, 0) is 6.54 Å². The topological polar surface area (TPSA) is 22.0 Å². The van der Waals surface area contributed by atoms with Crippen molar-refractivity contribution in [3.63, 3.8) is 0 Å². The number of para-hydroxylation sites is 1. The molecule has 0 radical (unpaired) electrons. The number of benzene rings is 3. The van der Waals surface area contributed by atoms with Crippen LogP contribution in [0, 0.1) is 0 Å². The molecule has 0 aliphatic rings. The van der Waals surface area contributed by atoms with Crippen molar-refractivity contribution < 1.29 is 0 Å². The summed E-state index contributed by atoms with van der Waals surface area (Å²) in [6.07, 6.45) is 0. The molecule has 122 valence electrons. The number of pyridine rings is 1. The molecule has 0 N–H and O–H groups in total. The van der Waals surface area contributed by atoms with Gasteiger partial charge in [0.1, 0.15) is 0 Å². The number of fused-ring (bicyclic) bond motifs is 1. The van der Waals surface area contributed by atoms with E-state index in [2.05, 4.69) is 22.0 Å². The minimum Gasteiger partial charge on any atom is -0.303 e. The highest BCUT2D eigenvalue weighted by atomic mass is 79.9. The summed E-state index contributed by atoms with van der Waals surface area (Å²) in [7, 11) is 0. The molecule has 0 bridgehead atoms. The normalized spacial score (nSPS) is 10.9. The van der Waals surface area contributed by atoms with Crippen LogP contribution in [0.4, 0.5) is 0 Å². The summed E-state index contributed by atoms with van der Waals surface area (Å²) in [5.41, 5.74) is 4.02. The summed E-state index contributed by atoms with van der Waals surface area (Å²) in [4.78, 5) is 13.1. The first-order chi connectivity index (χ1) is 12.3. The maximum Gasteiger partial charge on any atom is 0.266 e. The molecule has 0 atom stereocenters. The summed E-state index contributed by atoms with van der Waals surface area (Å²) in [5, 5.41) is 1.07. The fourth-order valence-corrected chi connectivity index (χ4v) is 3.84. The third-order valence-electron chi connectivity index (χ3n) is 4.36. The van der Waals surface area contributed by atoms with Crippen molar-refractivity contribution in [1.29, 1.82) is 0 Å². The maximum absolute atomic E-state index is 13.1. The van der Waals surface area contributed by atoms with Gasteiger partial charge in [0.25, 0.3) is 5.56 Å². The van der Waals surface area contributed by atoms with E-state index in [9.17, 15) is 4.79 Å². The lowest BCUT2D eigenvalue weighted by atomic mass is 10.0. The van der Waals surface area contributed by atoms with Gasteiger partial charge in [-0.3, -0.25) is 4.79 Å². The Labute approximate surface area is 154 Å². The molecule has 3 aromatic carbocycles. The van der Waals surface area contributed by atoms with Crippen molar-refractivity contribution in [2.45, 2.75) is 6.54 Å². The van der Waals surface area contributed by atoms with Crippen LogP contribution in [0.15, 0.2) is 94.2 Å². The van der Waals surface area contributed by atoms with Gasteiger partial charge in [0.15, 0.2) is 0 Å². The summed E-state index contributed by atoms with van der Waals surface area (Å²) in [6.45, 7) is 0.549. The van der Waals surface area contributed by atoms with E-state index in [1.165, 1.54) is 0 Å². The highest BCUT2D eigenvalue weighted by Gasteiger charge is 2.16. The van der Waals surface area contributed by atoms with Crippen molar-refractivity contribution in [3.8, 4) is 11.1 Å². The van der Waals surface area contributed by atoms with Gasteiger partial charge >= 0.3 is 0 Å². The average Bonchev–Trinajstić information content (AvgIpc) is 2.67. The second-order valence-electron chi connectivity index (χ2n) is 5.95. The summed E-state index contributed by atoms with van der Waals surface area (Å²) in [5.74, 6) is 0. The van der Waals surface area contributed by atoms with Crippen LogP contribution >= 0.6 is 15.9 Å². The van der Waals surface area contributed by atoms with E-state index >= 15 is 0 Å². The number of hydrogen-bond acceptors (Lipinski definition) is 1. The SMILES string of the molecule is O=c1c(Br)c(-c2ccccc2)c2ccccc2n1Cc1ccccc1. The first-order valence-corrected chi connectivity index (χ1v) is 8.95. The van der Waals surface area contributed by atoms with Crippen molar-refractivity contribution in [2.24, 2.45) is 0 Å². The zero-order valence-corrected chi connectivity index (χ0v) is 15.1. The molecule has 1 aromatic heterocycles. The monoisotopic (exact) mass is 389 g/mol. The number of rotatable bonds is 3. The lowest BCUT2D eigenvalue weighted by Crippen LogP contribution is -2.22. The van der Waals surface area contributed by atoms with E-state index in [4.69, 9.17) is 0 Å². The molecule has 0 saturated carbocycles. The van der Waals surface area contributed by atoms with Gasteiger partial charge in [0.2, 0.25) is 0 Å². The highest BCUT2D eigenvalue weighted by molar-refractivity contribution is 9.10. The van der Waals surface area contributed by atoms with Crippen molar-refractivity contribution in [2.75, 3.05) is 0 Å². The summed E-state index contributed by atoms with van der Waals surface area (Å²) in [6, 6.07) is 28.2. The first-order valence-electron chi connectivity index (χ1n) is 8.16. The molecule has 0 unspecified atom stereocenters. The third kappa shape index (κ3) is 2.92. The molecule has 4 aromatic rings. The van der Waals surface area contributed by atoms with Gasteiger partial charge < -0.3 is 4.57 Å². The van der Waals surface area contributed by atoms with Gasteiger partial charge in [-0.25, -0.2) is 0 Å². The van der Waals surface area contributed by atoms with Gasteiger partial charge in [-0.1, -0.05) is 78.9 Å². The number of hydrogen-bond donors (Lipinski definition) is 0. The molecule has 0 aliphatic heterocycles. The number of halogens is 1. The predicted molar refractivity (Wildman–Crippen MR) is 107 cm³/mol. The second-order valence-corrected chi connectivity index (χ2v) is 6.74. The molecule has 0 fully saturated rings. The fraction of sp³-hybridized carbons (Fsp3) is 0.0455. The van der Waals surface area contributed by atoms with Gasteiger partial charge in [0.05, 0.1) is 16.5 Å². The van der Waals surface area contributed by atoms with Crippen LogP contribution < -0.4 is 5.56 Å². The van der Waals surface area contributed by atoms with Crippen LogP contribution in [0.2, 0.25) is 0 Å². The Balaban J connectivity index is 2.01. The number of nitrogens with zero attached hydrogens (tertiary/aromatic N) is 1. The Hall–Kier alpha value is -2.65. The molecule has 0 spiro atoms. The van der Waals surface area contributed by atoms with Crippen LogP contribution in [0.3, 0.4) is 0 Å². The minimum atomic E-state index is -0.0126. The standard InChI is InChI=1S/C22H16BrNO/c23-21-20(17-11-5-2-6-12-17)18-13-7-8-14-19(18)24(22(21)25)15-16-9-3-1-4-10-16/h1-14H,15H2. The average molecular weight is 390 g/mol. The lowest BCUT2D eigenvalue weighted by Gasteiger charge is -2.16. The molecule has 4 rings (SSSR count). The zero-order chi connectivity index (χ0) is 17.2.